The maximum atomic E-state index is 12.4. The lowest BCUT2D eigenvalue weighted by Crippen LogP contribution is -2.47. The van der Waals surface area contributed by atoms with Crippen LogP contribution in [-0.4, -0.2) is 25.7 Å². The van der Waals surface area contributed by atoms with Gasteiger partial charge in [0.25, 0.3) is 0 Å². The van der Waals surface area contributed by atoms with Gasteiger partial charge in [-0.15, -0.1) is 12.4 Å². The standard InChI is InChI=1S/C17H24N2O3.ClH/c1-12(11-18)16(20)19-17(6-2-3-7-17)13-4-5-14-15(10-13)22-9-8-21-14;/h4-5,10,12H,2-3,6-9,11,18H2,1H3,(H,19,20);1H. The molecule has 3 rings (SSSR count). The van der Waals surface area contributed by atoms with Gasteiger partial charge in [-0.3, -0.25) is 4.79 Å². The lowest BCUT2D eigenvalue weighted by molar-refractivity contribution is -0.126. The molecule has 6 heteroatoms. The molecular weight excluding hydrogens is 316 g/mol. The van der Waals surface area contributed by atoms with Crippen LogP contribution in [-0.2, 0) is 10.3 Å². The average Bonchev–Trinajstić information content (AvgIpc) is 3.03. The van der Waals surface area contributed by atoms with Crippen LogP contribution in [0.4, 0.5) is 0 Å². The Balaban J connectivity index is 0.00000192. The van der Waals surface area contributed by atoms with E-state index in [2.05, 4.69) is 5.32 Å². The summed E-state index contributed by atoms with van der Waals surface area (Å²) in [5, 5.41) is 3.25. The van der Waals surface area contributed by atoms with Gasteiger partial charge < -0.3 is 20.5 Å². The molecule has 1 unspecified atom stereocenters. The van der Waals surface area contributed by atoms with Crippen LogP contribution >= 0.6 is 12.4 Å². The van der Waals surface area contributed by atoms with Crippen molar-refractivity contribution in [2.75, 3.05) is 19.8 Å². The molecule has 23 heavy (non-hydrogen) atoms. The van der Waals surface area contributed by atoms with Crippen molar-refractivity contribution in [2.45, 2.75) is 38.1 Å². The monoisotopic (exact) mass is 340 g/mol. The Bertz CT molecular complexity index is 559. The molecule has 1 amide bonds. The van der Waals surface area contributed by atoms with Crippen molar-refractivity contribution >= 4 is 18.3 Å². The summed E-state index contributed by atoms with van der Waals surface area (Å²) in [6.45, 7) is 3.38. The minimum Gasteiger partial charge on any atom is -0.486 e. The van der Waals surface area contributed by atoms with E-state index in [1.54, 1.807) is 0 Å². The SMILES string of the molecule is CC(CN)C(=O)NC1(c2ccc3c(c2)OCCO3)CCCC1.Cl. The van der Waals surface area contributed by atoms with E-state index in [4.69, 9.17) is 15.2 Å². The third kappa shape index (κ3) is 3.56. The van der Waals surface area contributed by atoms with Gasteiger partial charge in [0.1, 0.15) is 13.2 Å². The Morgan fingerprint density at radius 2 is 1.91 bits per heavy atom. The Kier molecular flexibility index (Phi) is 5.76. The lowest BCUT2D eigenvalue weighted by atomic mass is 9.87. The Morgan fingerprint density at radius 3 is 2.57 bits per heavy atom. The number of ether oxygens (including phenoxy) is 2. The molecule has 128 valence electrons. The first-order valence-corrected chi connectivity index (χ1v) is 8.07. The number of nitrogens with one attached hydrogen (secondary N) is 1. The van der Waals surface area contributed by atoms with Gasteiger partial charge in [-0.1, -0.05) is 25.8 Å². The normalized spacial score (nSPS) is 19.6. The Morgan fingerprint density at radius 1 is 1.26 bits per heavy atom. The summed E-state index contributed by atoms with van der Waals surface area (Å²) < 4.78 is 11.3. The highest BCUT2D eigenvalue weighted by Gasteiger charge is 2.38. The van der Waals surface area contributed by atoms with Crippen molar-refractivity contribution in [1.82, 2.24) is 5.32 Å². The molecule has 1 aromatic carbocycles. The summed E-state index contributed by atoms with van der Waals surface area (Å²) in [4.78, 5) is 12.4. The highest BCUT2D eigenvalue weighted by atomic mass is 35.5. The number of hydrogen-bond acceptors (Lipinski definition) is 4. The molecule has 0 saturated heterocycles. The molecule has 1 aliphatic heterocycles. The van der Waals surface area contributed by atoms with Crippen LogP contribution in [0.1, 0.15) is 38.2 Å². The third-order valence-corrected chi connectivity index (χ3v) is 4.72. The van der Waals surface area contributed by atoms with E-state index in [-0.39, 0.29) is 29.8 Å². The smallest absolute Gasteiger partial charge is 0.224 e. The summed E-state index contributed by atoms with van der Waals surface area (Å²) in [6.07, 6.45) is 4.14. The van der Waals surface area contributed by atoms with Crippen molar-refractivity contribution in [2.24, 2.45) is 11.7 Å². The minimum atomic E-state index is -0.295. The highest BCUT2D eigenvalue weighted by molar-refractivity contribution is 5.85. The van der Waals surface area contributed by atoms with E-state index in [0.29, 0.717) is 19.8 Å². The fourth-order valence-corrected chi connectivity index (χ4v) is 3.27. The van der Waals surface area contributed by atoms with Gasteiger partial charge in [-0.2, -0.15) is 0 Å². The van der Waals surface area contributed by atoms with E-state index < -0.39 is 0 Å². The zero-order chi connectivity index (χ0) is 15.6. The number of nitrogens with two attached hydrogens (primary N) is 1. The summed E-state index contributed by atoms with van der Waals surface area (Å²) in [6, 6.07) is 6.02. The average molecular weight is 341 g/mol. The molecule has 0 radical (unpaired) electrons. The van der Waals surface area contributed by atoms with Gasteiger partial charge in [-0.05, 0) is 30.5 Å². The van der Waals surface area contributed by atoms with Gasteiger partial charge in [0.2, 0.25) is 5.91 Å². The summed E-state index contributed by atoms with van der Waals surface area (Å²) in [7, 11) is 0. The number of halogens is 1. The molecule has 0 bridgehead atoms. The fraction of sp³-hybridized carbons (Fsp3) is 0.588. The van der Waals surface area contributed by atoms with Gasteiger partial charge in [0, 0.05) is 12.5 Å². The molecular formula is C17H25ClN2O3. The van der Waals surface area contributed by atoms with Gasteiger partial charge in [0.15, 0.2) is 11.5 Å². The Hall–Kier alpha value is -1.46. The van der Waals surface area contributed by atoms with Gasteiger partial charge in [0.05, 0.1) is 5.54 Å². The van der Waals surface area contributed by atoms with Crippen molar-refractivity contribution in [3.8, 4) is 11.5 Å². The number of hydrogen-bond donors (Lipinski definition) is 2. The topological polar surface area (TPSA) is 73.6 Å². The number of amides is 1. The molecule has 1 aliphatic carbocycles. The second-order valence-electron chi connectivity index (χ2n) is 6.27. The first-order chi connectivity index (χ1) is 10.6. The van der Waals surface area contributed by atoms with Crippen molar-refractivity contribution in [3.05, 3.63) is 23.8 Å². The molecule has 5 nitrogen and oxygen atoms in total. The third-order valence-electron chi connectivity index (χ3n) is 4.72. The maximum absolute atomic E-state index is 12.4. The number of benzene rings is 1. The number of carbonyl (C=O) groups is 1. The quantitative estimate of drug-likeness (QED) is 0.882. The zero-order valence-electron chi connectivity index (χ0n) is 13.5. The Labute approximate surface area is 143 Å². The molecule has 1 aromatic rings. The van der Waals surface area contributed by atoms with E-state index in [0.717, 1.165) is 42.7 Å². The minimum absolute atomic E-state index is 0. The molecule has 1 heterocycles. The van der Waals surface area contributed by atoms with E-state index in [1.165, 1.54) is 0 Å². The van der Waals surface area contributed by atoms with E-state index >= 15 is 0 Å². The largest absolute Gasteiger partial charge is 0.486 e. The zero-order valence-corrected chi connectivity index (χ0v) is 14.3. The van der Waals surface area contributed by atoms with Crippen LogP contribution < -0.4 is 20.5 Å². The van der Waals surface area contributed by atoms with Crippen LogP contribution in [0.25, 0.3) is 0 Å². The fourth-order valence-electron chi connectivity index (χ4n) is 3.27. The molecule has 1 saturated carbocycles. The van der Waals surface area contributed by atoms with Crippen molar-refractivity contribution in [1.29, 1.82) is 0 Å². The summed E-state index contributed by atoms with van der Waals surface area (Å²) >= 11 is 0. The van der Waals surface area contributed by atoms with Crippen molar-refractivity contribution < 1.29 is 14.3 Å². The highest BCUT2D eigenvalue weighted by Crippen LogP contribution is 2.42. The molecule has 0 aromatic heterocycles. The summed E-state index contributed by atoms with van der Waals surface area (Å²) in [5.74, 6) is 1.41. The maximum Gasteiger partial charge on any atom is 0.224 e. The van der Waals surface area contributed by atoms with Crippen LogP contribution in [0.3, 0.4) is 0 Å². The van der Waals surface area contributed by atoms with Crippen LogP contribution in [0, 0.1) is 5.92 Å². The summed E-state index contributed by atoms with van der Waals surface area (Å²) in [5.41, 5.74) is 6.43. The van der Waals surface area contributed by atoms with E-state index in [9.17, 15) is 4.79 Å². The number of carbonyl (C=O) groups excluding carboxylic acids is 1. The molecule has 1 fully saturated rings. The second kappa shape index (κ2) is 7.41. The number of rotatable bonds is 4. The van der Waals surface area contributed by atoms with Crippen molar-refractivity contribution in [3.63, 3.8) is 0 Å². The molecule has 3 N–H and O–H groups in total. The van der Waals surface area contributed by atoms with Crippen LogP contribution in [0.2, 0.25) is 0 Å². The predicted molar refractivity (Wildman–Crippen MR) is 91.2 cm³/mol. The molecule has 2 aliphatic rings. The number of fused-ring (bicyclic) bond motifs is 1. The first kappa shape index (κ1) is 17.9. The second-order valence-corrected chi connectivity index (χ2v) is 6.27. The lowest BCUT2D eigenvalue weighted by Gasteiger charge is -2.33. The van der Waals surface area contributed by atoms with Gasteiger partial charge >= 0.3 is 0 Å². The predicted octanol–water partition coefficient (Wildman–Crippen LogP) is 2.36. The van der Waals surface area contributed by atoms with E-state index in [1.807, 2.05) is 25.1 Å². The van der Waals surface area contributed by atoms with Crippen LogP contribution in [0.5, 0.6) is 11.5 Å². The molecule has 1 atom stereocenters. The molecule has 0 spiro atoms. The first-order valence-electron chi connectivity index (χ1n) is 8.07. The van der Waals surface area contributed by atoms with Gasteiger partial charge in [-0.25, -0.2) is 0 Å². The van der Waals surface area contributed by atoms with Crippen LogP contribution in [0.15, 0.2) is 18.2 Å².